The Morgan fingerprint density at radius 1 is 1.00 bits per heavy atom. The summed E-state index contributed by atoms with van der Waals surface area (Å²) in [7, 11) is -4.11. The second-order valence-corrected chi connectivity index (χ2v) is 10.9. The second-order valence-electron chi connectivity index (χ2n) is 8.97. The average Bonchev–Trinajstić information content (AvgIpc) is 3.28. The number of nitrogens with zero attached hydrogens (tertiary/aromatic N) is 1. The van der Waals surface area contributed by atoms with Gasteiger partial charge in [-0.1, -0.05) is 24.3 Å². The number of Topliss-reactive ketones (excluding diaryl/α,β-unsaturated/α-hetero) is 1. The summed E-state index contributed by atoms with van der Waals surface area (Å²) < 4.78 is 84.2. The predicted octanol–water partition coefficient (Wildman–Crippen LogP) is 4.75. The molecule has 11 heteroatoms. The largest absolute Gasteiger partial charge is 0.489 e. The van der Waals surface area contributed by atoms with E-state index in [0.717, 1.165) is 46.3 Å². The van der Waals surface area contributed by atoms with Crippen LogP contribution in [0.1, 0.15) is 29.5 Å². The van der Waals surface area contributed by atoms with Gasteiger partial charge in [0.1, 0.15) is 24.2 Å². The van der Waals surface area contributed by atoms with Crippen molar-refractivity contribution < 1.29 is 40.6 Å². The molecule has 3 aromatic rings. The Balaban J connectivity index is 1.38. The molecule has 0 saturated carbocycles. The number of alkyl halides is 3. The molecule has 0 amide bonds. The van der Waals surface area contributed by atoms with Crippen LogP contribution >= 0.6 is 0 Å². The summed E-state index contributed by atoms with van der Waals surface area (Å²) in [5.74, 6) is -0.586. The monoisotopic (exact) mass is 551 g/mol. The van der Waals surface area contributed by atoms with Crippen molar-refractivity contribution in [1.82, 2.24) is 4.31 Å². The van der Waals surface area contributed by atoms with Gasteiger partial charge in [-0.2, -0.15) is 17.5 Å². The molecular formula is C27H25F4NO5S. The van der Waals surface area contributed by atoms with Crippen LogP contribution in [-0.2, 0) is 34.0 Å². The van der Waals surface area contributed by atoms with Crippen LogP contribution in [0.3, 0.4) is 0 Å². The molecule has 0 radical (unpaired) electrons. The van der Waals surface area contributed by atoms with Crippen LogP contribution in [0.5, 0.6) is 5.75 Å². The molecule has 1 fully saturated rings. The lowest BCUT2D eigenvalue weighted by atomic mass is 10.0. The lowest BCUT2D eigenvalue weighted by Gasteiger charge is -2.24. The fourth-order valence-electron chi connectivity index (χ4n) is 4.30. The van der Waals surface area contributed by atoms with E-state index in [1.807, 2.05) is 0 Å². The third kappa shape index (κ3) is 6.40. The Morgan fingerprint density at radius 2 is 1.68 bits per heavy atom. The van der Waals surface area contributed by atoms with Gasteiger partial charge in [0.05, 0.1) is 16.6 Å². The summed E-state index contributed by atoms with van der Waals surface area (Å²) in [6, 6.07) is 14.5. The number of aryl methyl sites for hydroxylation is 1. The minimum Gasteiger partial charge on any atom is -0.489 e. The van der Waals surface area contributed by atoms with E-state index < -0.39 is 45.5 Å². The number of aliphatic hydroxyl groups excluding tert-OH is 1. The summed E-state index contributed by atoms with van der Waals surface area (Å²) >= 11 is 0. The van der Waals surface area contributed by atoms with Crippen molar-refractivity contribution in [2.24, 2.45) is 0 Å². The lowest BCUT2D eigenvalue weighted by Crippen LogP contribution is -2.45. The molecule has 202 valence electrons. The fourth-order valence-corrected chi connectivity index (χ4v) is 5.95. The van der Waals surface area contributed by atoms with Crippen LogP contribution in [0.4, 0.5) is 17.6 Å². The van der Waals surface area contributed by atoms with E-state index in [4.69, 9.17) is 4.74 Å². The number of aliphatic hydroxyl groups is 1. The van der Waals surface area contributed by atoms with Gasteiger partial charge in [0.15, 0.2) is 5.78 Å². The van der Waals surface area contributed by atoms with E-state index in [0.29, 0.717) is 11.3 Å². The van der Waals surface area contributed by atoms with Gasteiger partial charge in [-0.05, 0) is 72.5 Å². The number of sulfonamides is 1. The van der Waals surface area contributed by atoms with Crippen molar-refractivity contribution in [2.45, 2.75) is 49.1 Å². The molecule has 4 rings (SSSR count). The molecule has 0 aromatic heterocycles. The number of carbonyl (C=O) groups is 1. The summed E-state index contributed by atoms with van der Waals surface area (Å²) in [6.45, 7) is 0.00947. The molecule has 0 spiro atoms. The first-order chi connectivity index (χ1) is 17.9. The van der Waals surface area contributed by atoms with E-state index in [9.17, 15) is 35.9 Å². The molecule has 1 aliphatic heterocycles. The first-order valence-electron chi connectivity index (χ1n) is 11.8. The molecule has 2 atom stereocenters. The van der Waals surface area contributed by atoms with Crippen molar-refractivity contribution >= 4 is 15.8 Å². The van der Waals surface area contributed by atoms with Crippen molar-refractivity contribution in [1.29, 1.82) is 0 Å². The topological polar surface area (TPSA) is 83.9 Å². The highest BCUT2D eigenvalue weighted by molar-refractivity contribution is 7.89. The Morgan fingerprint density at radius 3 is 2.34 bits per heavy atom. The van der Waals surface area contributed by atoms with Crippen molar-refractivity contribution in [3.63, 3.8) is 0 Å². The SMILES string of the molecule is O=C(CCc1cccc(OCc2ccc(C(F)(F)F)cc2)c1)[C@@H]1[C@@H](O)CCN1S(=O)(=O)c1ccc(F)cc1. The van der Waals surface area contributed by atoms with Crippen molar-refractivity contribution in [3.05, 3.63) is 95.3 Å². The van der Waals surface area contributed by atoms with Gasteiger partial charge in [-0.3, -0.25) is 4.79 Å². The standard InChI is InChI=1S/C27H25F4NO5S/c28-21-9-11-23(12-10-21)38(35,36)32-15-14-25(34)26(32)24(33)13-6-18-2-1-3-22(16-18)37-17-19-4-7-20(8-5-19)27(29,30)31/h1-5,7-12,16,25-26,34H,6,13-15,17H2/t25-,26+/m0/s1. The zero-order chi connectivity index (χ0) is 27.5. The second kappa shape index (κ2) is 11.2. The zero-order valence-electron chi connectivity index (χ0n) is 20.1. The minimum atomic E-state index is -4.41. The number of ketones is 1. The van der Waals surface area contributed by atoms with E-state index in [-0.39, 0.29) is 37.3 Å². The quantitative estimate of drug-likeness (QED) is 0.388. The van der Waals surface area contributed by atoms with Crippen LogP contribution in [0.15, 0.2) is 77.7 Å². The first-order valence-corrected chi connectivity index (χ1v) is 13.3. The minimum absolute atomic E-state index is 0.0371. The van der Waals surface area contributed by atoms with Crippen LogP contribution in [-0.4, -0.2) is 42.3 Å². The van der Waals surface area contributed by atoms with Gasteiger partial charge in [0.25, 0.3) is 0 Å². The molecule has 1 aliphatic rings. The van der Waals surface area contributed by atoms with Crippen molar-refractivity contribution in [2.75, 3.05) is 6.54 Å². The number of ether oxygens (including phenoxy) is 1. The fraction of sp³-hybridized carbons (Fsp3) is 0.296. The first kappa shape index (κ1) is 27.7. The third-order valence-electron chi connectivity index (χ3n) is 6.32. The highest BCUT2D eigenvalue weighted by Crippen LogP contribution is 2.30. The van der Waals surface area contributed by atoms with E-state index in [1.54, 1.807) is 24.3 Å². The molecular weight excluding hydrogens is 526 g/mol. The van der Waals surface area contributed by atoms with Gasteiger partial charge in [0, 0.05) is 13.0 Å². The maximum atomic E-state index is 13.2. The van der Waals surface area contributed by atoms with E-state index >= 15 is 0 Å². The molecule has 1 N–H and O–H groups in total. The van der Waals surface area contributed by atoms with Gasteiger partial charge in [-0.25, -0.2) is 12.8 Å². The summed E-state index contributed by atoms with van der Waals surface area (Å²) in [4.78, 5) is 12.9. The Labute approximate surface area is 217 Å². The molecule has 1 heterocycles. The molecule has 6 nitrogen and oxygen atoms in total. The number of halogens is 4. The Hall–Kier alpha value is -3.28. The third-order valence-corrected chi connectivity index (χ3v) is 8.21. The molecule has 1 saturated heterocycles. The van der Waals surface area contributed by atoms with Crippen LogP contribution in [0.2, 0.25) is 0 Å². The van der Waals surface area contributed by atoms with Gasteiger partial charge < -0.3 is 9.84 Å². The maximum Gasteiger partial charge on any atom is 0.416 e. The van der Waals surface area contributed by atoms with Crippen LogP contribution in [0.25, 0.3) is 0 Å². The average molecular weight is 552 g/mol. The Kier molecular flexibility index (Phi) is 8.19. The maximum absolute atomic E-state index is 13.2. The Bertz CT molecular complexity index is 1380. The number of hydrogen-bond donors (Lipinski definition) is 1. The molecule has 0 bridgehead atoms. The number of benzene rings is 3. The van der Waals surface area contributed by atoms with Crippen LogP contribution in [0, 0.1) is 5.82 Å². The van der Waals surface area contributed by atoms with Crippen molar-refractivity contribution in [3.8, 4) is 5.75 Å². The highest BCUT2D eigenvalue weighted by Gasteiger charge is 2.44. The van der Waals surface area contributed by atoms with Crippen LogP contribution < -0.4 is 4.74 Å². The van der Waals surface area contributed by atoms with Gasteiger partial charge in [-0.15, -0.1) is 0 Å². The number of rotatable bonds is 9. The molecule has 0 unspecified atom stereocenters. The highest BCUT2D eigenvalue weighted by atomic mass is 32.2. The molecule has 0 aliphatic carbocycles. The molecule has 3 aromatic carbocycles. The summed E-state index contributed by atoms with van der Waals surface area (Å²) in [5, 5.41) is 10.4. The predicted molar refractivity (Wildman–Crippen MR) is 130 cm³/mol. The van der Waals surface area contributed by atoms with E-state index in [2.05, 4.69) is 0 Å². The summed E-state index contributed by atoms with van der Waals surface area (Å²) in [6.07, 6.45) is -5.26. The smallest absolute Gasteiger partial charge is 0.416 e. The summed E-state index contributed by atoms with van der Waals surface area (Å²) in [5.41, 5.74) is 0.532. The normalized spacial score (nSPS) is 18.4. The molecule has 38 heavy (non-hydrogen) atoms. The number of hydrogen-bond acceptors (Lipinski definition) is 5. The number of carbonyl (C=O) groups excluding carboxylic acids is 1. The van der Waals surface area contributed by atoms with Gasteiger partial charge in [0.2, 0.25) is 10.0 Å². The van der Waals surface area contributed by atoms with E-state index in [1.165, 1.54) is 12.1 Å². The van der Waals surface area contributed by atoms with Gasteiger partial charge >= 0.3 is 6.18 Å². The lowest BCUT2D eigenvalue weighted by molar-refractivity contribution is -0.137. The zero-order valence-corrected chi connectivity index (χ0v) is 20.9.